The molecule has 0 spiro atoms. The monoisotopic (exact) mass is 178 g/mol. The molecule has 0 bridgehead atoms. The van der Waals surface area contributed by atoms with E-state index in [1.807, 2.05) is 18.2 Å². The molecule has 0 unspecified atom stereocenters. The van der Waals surface area contributed by atoms with Crippen LogP contribution in [0.3, 0.4) is 0 Å². The summed E-state index contributed by atoms with van der Waals surface area (Å²) in [6.07, 6.45) is 0.288. The minimum Gasteiger partial charge on any atom is -0.486 e. The van der Waals surface area contributed by atoms with Crippen molar-refractivity contribution in [3.05, 3.63) is 23.8 Å². The molecular weight excluding hydrogens is 168 g/mol. The molecule has 2 aliphatic heterocycles. The molecule has 0 saturated carbocycles. The van der Waals surface area contributed by atoms with Crippen molar-refractivity contribution >= 4 is 0 Å². The van der Waals surface area contributed by atoms with Crippen LogP contribution in [-0.4, -0.2) is 19.8 Å². The van der Waals surface area contributed by atoms with Crippen molar-refractivity contribution in [3.8, 4) is 11.5 Å². The Morgan fingerprint density at radius 2 is 1.85 bits per heavy atom. The van der Waals surface area contributed by atoms with Gasteiger partial charge in [-0.2, -0.15) is 0 Å². The van der Waals surface area contributed by atoms with Gasteiger partial charge in [-0.15, -0.1) is 0 Å². The first-order chi connectivity index (χ1) is 6.43. The Morgan fingerprint density at radius 1 is 1.08 bits per heavy atom. The van der Waals surface area contributed by atoms with E-state index in [2.05, 4.69) is 0 Å². The first-order valence-corrected chi connectivity index (χ1v) is 4.44. The largest absolute Gasteiger partial charge is 0.486 e. The van der Waals surface area contributed by atoms with E-state index in [0.29, 0.717) is 13.2 Å². The molecule has 3 rings (SSSR count). The zero-order valence-electron chi connectivity index (χ0n) is 7.16. The van der Waals surface area contributed by atoms with Gasteiger partial charge >= 0.3 is 0 Å². The fourth-order valence-electron chi connectivity index (χ4n) is 1.50. The van der Waals surface area contributed by atoms with Gasteiger partial charge in [0.15, 0.2) is 11.5 Å². The van der Waals surface area contributed by atoms with Gasteiger partial charge in [0.2, 0.25) is 0 Å². The van der Waals surface area contributed by atoms with E-state index in [1.54, 1.807) is 0 Å². The molecule has 1 atom stereocenters. The van der Waals surface area contributed by atoms with E-state index >= 15 is 0 Å². The average Bonchev–Trinajstić information content (AvgIpc) is 3.00. The van der Waals surface area contributed by atoms with Crippen molar-refractivity contribution < 1.29 is 14.2 Å². The molecule has 2 aliphatic rings. The zero-order valence-corrected chi connectivity index (χ0v) is 7.16. The van der Waals surface area contributed by atoms with Crippen molar-refractivity contribution in [2.24, 2.45) is 0 Å². The Hall–Kier alpha value is -1.22. The third kappa shape index (κ3) is 1.25. The number of fused-ring (bicyclic) bond motifs is 1. The topological polar surface area (TPSA) is 31.0 Å². The van der Waals surface area contributed by atoms with Crippen LogP contribution in [0.4, 0.5) is 0 Å². The molecule has 1 saturated heterocycles. The van der Waals surface area contributed by atoms with Gasteiger partial charge in [0, 0.05) is 0 Å². The van der Waals surface area contributed by atoms with Crippen LogP contribution in [0.2, 0.25) is 0 Å². The molecule has 3 nitrogen and oxygen atoms in total. The molecule has 1 fully saturated rings. The molecule has 1 aromatic rings. The Labute approximate surface area is 76.2 Å². The van der Waals surface area contributed by atoms with Gasteiger partial charge in [-0.05, 0) is 17.7 Å². The maximum absolute atomic E-state index is 5.46. The first kappa shape index (κ1) is 7.21. The highest BCUT2D eigenvalue weighted by atomic mass is 16.6. The van der Waals surface area contributed by atoms with E-state index in [4.69, 9.17) is 14.2 Å². The second-order valence-corrected chi connectivity index (χ2v) is 3.23. The van der Waals surface area contributed by atoms with Crippen LogP contribution in [-0.2, 0) is 4.74 Å². The Morgan fingerprint density at radius 3 is 2.62 bits per heavy atom. The maximum atomic E-state index is 5.46. The summed E-state index contributed by atoms with van der Waals surface area (Å²) in [6.45, 7) is 2.12. The number of ether oxygens (including phenoxy) is 3. The van der Waals surface area contributed by atoms with Crippen LogP contribution < -0.4 is 9.47 Å². The predicted molar refractivity (Wildman–Crippen MR) is 46.1 cm³/mol. The number of hydrogen-bond acceptors (Lipinski definition) is 3. The van der Waals surface area contributed by atoms with Crippen molar-refractivity contribution in [1.82, 2.24) is 0 Å². The lowest BCUT2D eigenvalue weighted by Gasteiger charge is -2.18. The quantitative estimate of drug-likeness (QED) is 0.611. The number of epoxide rings is 1. The van der Waals surface area contributed by atoms with Crippen LogP contribution in [0.5, 0.6) is 11.5 Å². The maximum Gasteiger partial charge on any atom is 0.161 e. The minimum atomic E-state index is 0.288. The Balaban J connectivity index is 1.98. The molecule has 2 heterocycles. The number of hydrogen-bond donors (Lipinski definition) is 0. The average molecular weight is 178 g/mol. The highest BCUT2D eigenvalue weighted by molar-refractivity contribution is 5.44. The van der Waals surface area contributed by atoms with E-state index in [9.17, 15) is 0 Å². The molecule has 13 heavy (non-hydrogen) atoms. The highest BCUT2D eigenvalue weighted by Gasteiger charge is 2.26. The lowest BCUT2D eigenvalue weighted by molar-refractivity contribution is 0.171. The summed E-state index contributed by atoms with van der Waals surface area (Å²) in [4.78, 5) is 0. The minimum absolute atomic E-state index is 0.288. The van der Waals surface area contributed by atoms with E-state index in [1.165, 1.54) is 5.56 Å². The second-order valence-electron chi connectivity index (χ2n) is 3.23. The third-order valence-electron chi connectivity index (χ3n) is 2.27. The van der Waals surface area contributed by atoms with Crippen LogP contribution in [0.25, 0.3) is 0 Å². The van der Waals surface area contributed by atoms with Crippen LogP contribution in [0.1, 0.15) is 11.7 Å². The molecule has 0 aliphatic carbocycles. The van der Waals surface area contributed by atoms with Crippen LogP contribution >= 0.6 is 0 Å². The first-order valence-electron chi connectivity index (χ1n) is 4.44. The summed E-state index contributed by atoms with van der Waals surface area (Å²) in [5.41, 5.74) is 1.18. The Kier molecular flexibility index (Phi) is 1.46. The summed E-state index contributed by atoms with van der Waals surface area (Å²) in [5, 5.41) is 0. The van der Waals surface area contributed by atoms with Gasteiger partial charge in [-0.3, -0.25) is 0 Å². The fourth-order valence-corrected chi connectivity index (χ4v) is 1.50. The van der Waals surface area contributed by atoms with E-state index in [0.717, 1.165) is 18.1 Å². The van der Waals surface area contributed by atoms with Crippen molar-refractivity contribution in [2.45, 2.75) is 6.10 Å². The SMILES string of the molecule is c1cc2c(cc1[C@@H]1CO1)OCCO2. The van der Waals surface area contributed by atoms with Gasteiger partial charge in [0.1, 0.15) is 19.3 Å². The Bertz CT molecular complexity index is 331. The molecule has 0 N–H and O–H groups in total. The van der Waals surface area contributed by atoms with Gasteiger partial charge in [-0.1, -0.05) is 6.07 Å². The normalized spacial score (nSPS) is 24.2. The third-order valence-corrected chi connectivity index (χ3v) is 2.27. The summed E-state index contributed by atoms with van der Waals surface area (Å²) in [6, 6.07) is 5.99. The van der Waals surface area contributed by atoms with Crippen LogP contribution in [0, 0.1) is 0 Å². The predicted octanol–water partition coefficient (Wildman–Crippen LogP) is 1.53. The van der Waals surface area contributed by atoms with Gasteiger partial charge in [0.25, 0.3) is 0 Å². The molecule has 0 amide bonds. The number of rotatable bonds is 1. The van der Waals surface area contributed by atoms with Crippen molar-refractivity contribution in [1.29, 1.82) is 0 Å². The van der Waals surface area contributed by atoms with Gasteiger partial charge in [0.05, 0.1) is 6.61 Å². The van der Waals surface area contributed by atoms with Crippen molar-refractivity contribution in [2.75, 3.05) is 19.8 Å². The van der Waals surface area contributed by atoms with Crippen molar-refractivity contribution in [3.63, 3.8) is 0 Å². The molecule has 0 radical (unpaired) electrons. The summed E-state index contributed by atoms with van der Waals surface area (Å²) >= 11 is 0. The standard InChI is InChI=1S/C10H10O3/c1-2-8-9(12-4-3-11-8)5-7(1)10-6-13-10/h1-2,5,10H,3-4,6H2/t10-/m0/s1. The van der Waals surface area contributed by atoms with E-state index in [-0.39, 0.29) is 6.10 Å². The molecule has 1 aromatic carbocycles. The zero-order chi connectivity index (χ0) is 8.67. The summed E-state index contributed by atoms with van der Waals surface area (Å²) in [5.74, 6) is 1.69. The summed E-state index contributed by atoms with van der Waals surface area (Å²) < 4.78 is 16.1. The van der Waals surface area contributed by atoms with Crippen LogP contribution in [0.15, 0.2) is 18.2 Å². The lowest BCUT2D eigenvalue weighted by atomic mass is 10.1. The van der Waals surface area contributed by atoms with Gasteiger partial charge < -0.3 is 14.2 Å². The molecule has 3 heteroatoms. The fraction of sp³-hybridized carbons (Fsp3) is 0.400. The second kappa shape index (κ2) is 2.64. The molecule has 68 valence electrons. The number of benzene rings is 1. The van der Waals surface area contributed by atoms with Gasteiger partial charge in [-0.25, -0.2) is 0 Å². The molecular formula is C10H10O3. The summed E-state index contributed by atoms with van der Waals surface area (Å²) in [7, 11) is 0. The smallest absolute Gasteiger partial charge is 0.161 e. The highest BCUT2D eigenvalue weighted by Crippen LogP contribution is 2.37. The lowest BCUT2D eigenvalue weighted by Crippen LogP contribution is -2.15. The van der Waals surface area contributed by atoms with E-state index < -0.39 is 0 Å². The molecule has 0 aromatic heterocycles.